The molecule has 0 spiro atoms. The third kappa shape index (κ3) is 2.29. The minimum atomic E-state index is -0.461. The largest absolute Gasteiger partial charge is 0.463 e. The first-order valence-electron chi connectivity index (χ1n) is 3.94. The smallest absolute Gasteiger partial charge is 0.293 e. The van der Waals surface area contributed by atoms with Crippen molar-refractivity contribution in [3.05, 3.63) is 39.4 Å². The van der Waals surface area contributed by atoms with Crippen LogP contribution in [0.1, 0.15) is 11.1 Å². The molecule has 0 radical (unpaired) electrons. The van der Waals surface area contributed by atoms with Gasteiger partial charge in [-0.2, -0.15) is 0 Å². The molecule has 14 heavy (non-hydrogen) atoms. The highest BCUT2D eigenvalue weighted by molar-refractivity contribution is 5.41. The van der Waals surface area contributed by atoms with Gasteiger partial charge < -0.3 is 4.74 Å². The molecule has 1 rings (SSSR count). The van der Waals surface area contributed by atoms with Gasteiger partial charge in [0.15, 0.2) is 0 Å². The van der Waals surface area contributed by atoms with E-state index in [2.05, 4.69) is 4.74 Å². The topological polar surface area (TPSA) is 69.4 Å². The standard InChI is InChI=1S/C9H9NO4/c1-7-4-9(10(12)13)3-2-8(7)5-14-6-11/h2-4,6H,5H2,1H3. The Labute approximate surface area is 80.5 Å². The summed E-state index contributed by atoms with van der Waals surface area (Å²) in [5, 5.41) is 10.4. The van der Waals surface area contributed by atoms with E-state index in [1.165, 1.54) is 12.1 Å². The molecule has 0 N–H and O–H groups in total. The first-order chi connectivity index (χ1) is 6.65. The Bertz CT molecular complexity index is 362. The lowest BCUT2D eigenvalue weighted by Gasteiger charge is -2.03. The van der Waals surface area contributed by atoms with Gasteiger partial charge in [0.25, 0.3) is 12.2 Å². The normalized spacial score (nSPS) is 9.50. The molecule has 0 amide bonds. The molecule has 0 saturated heterocycles. The summed E-state index contributed by atoms with van der Waals surface area (Å²) >= 11 is 0. The number of hydrogen-bond acceptors (Lipinski definition) is 4. The maximum Gasteiger partial charge on any atom is 0.293 e. The summed E-state index contributed by atoms with van der Waals surface area (Å²) < 4.78 is 4.55. The molecule has 0 aliphatic heterocycles. The van der Waals surface area contributed by atoms with Crippen LogP contribution in [-0.4, -0.2) is 11.4 Å². The monoisotopic (exact) mass is 195 g/mol. The highest BCUT2D eigenvalue weighted by Crippen LogP contribution is 2.17. The van der Waals surface area contributed by atoms with Crippen LogP contribution in [0.5, 0.6) is 0 Å². The number of non-ortho nitro benzene ring substituents is 1. The number of carbonyl (C=O) groups excluding carboxylic acids is 1. The Kier molecular flexibility index (Phi) is 3.17. The predicted molar refractivity (Wildman–Crippen MR) is 48.7 cm³/mol. The van der Waals surface area contributed by atoms with Crippen molar-refractivity contribution in [2.45, 2.75) is 13.5 Å². The lowest BCUT2D eigenvalue weighted by molar-refractivity contribution is -0.384. The lowest BCUT2D eigenvalue weighted by atomic mass is 10.1. The van der Waals surface area contributed by atoms with Gasteiger partial charge >= 0.3 is 0 Å². The van der Waals surface area contributed by atoms with E-state index in [1.807, 2.05) is 0 Å². The van der Waals surface area contributed by atoms with E-state index in [1.54, 1.807) is 13.0 Å². The van der Waals surface area contributed by atoms with E-state index in [4.69, 9.17) is 0 Å². The van der Waals surface area contributed by atoms with Gasteiger partial charge in [-0.15, -0.1) is 0 Å². The number of nitro groups is 1. The summed E-state index contributed by atoms with van der Waals surface area (Å²) in [5.41, 5.74) is 1.54. The molecular weight excluding hydrogens is 186 g/mol. The zero-order valence-corrected chi connectivity index (χ0v) is 7.60. The Balaban J connectivity index is 2.89. The number of hydrogen-bond donors (Lipinski definition) is 0. The number of rotatable bonds is 4. The molecule has 0 atom stereocenters. The van der Waals surface area contributed by atoms with Gasteiger partial charge in [-0.25, -0.2) is 0 Å². The van der Waals surface area contributed by atoms with Crippen LogP contribution in [0.2, 0.25) is 0 Å². The zero-order valence-electron chi connectivity index (χ0n) is 7.60. The molecule has 5 heteroatoms. The number of carbonyl (C=O) groups is 1. The van der Waals surface area contributed by atoms with Crippen LogP contribution in [0.4, 0.5) is 5.69 Å². The van der Waals surface area contributed by atoms with E-state index < -0.39 is 4.92 Å². The summed E-state index contributed by atoms with van der Waals surface area (Å²) in [6, 6.07) is 4.41. The van der Waals surface area contributed by atoms with Crippen molar-refractivity contribution in [2.24, 2.45) is 0 Å². The summed E-state index contributed by atoms with van der Waals surface area (Å²) in [4.78, 5) is 19.9. The van der Waals surface area contributed by atoms with Gasteiger partial charge in [-0.1, -0.05) is 0 Å². The summed E-state index contributed by atoms with van der Waals surface area (Å²) in [6.07, 6.45) is 0. The fraction of sp³-hybridized carbons (Fsp3) is 0.222. The van der Waals surface area contributed by atoms with Gasteiger partial charge in [0, 0.05) is 12.1 Å². The average molecular weight is 195 g/mol. The van der Waals surface area contributed by atoms with Crippen LogP contribution in [0.15, 0.2) is 18.2 Å². The molecule has 0 unspecified atom stereocenters. The van der Waals surface area contributed by atoms with Crippen LogP contribution in [-0.2, 0) is 16.1 Å². The Morgan fingerprint density at radius 3 is 2.79 bits per heavy atom. The summed E-state index contributed by atoms with van der Waals surface area (Å²) in [6.45, 7) is 2.23. The molecule has 0 aliphatic carbocycles. The van der Waals surface area contributed by atoms with Crippen LogP contribution < -0.4 is 0 Å². The molecule has 5 nitrogen and oxygen atoms in total. The maximum absolute atomic E-state index is 10.4. The number of nitro benzene ring substituents is 1. The fourth-order valence-electron chi connectivity index (χ4n) is 1.08. The van der Waals surface area contributed by atoms with Gasteiger partial charge in [0.1, 0.15) is 6.61 Å². The van der Waals surface area contributed by atoms with Crippen molar-refractivity contribution < 1.29 is 14.5 Å². The Morgan fingerprint density at radius 1 is 1.57 bits per heavy atom. The first kappa shape index (κ1) is 10.2. The molecule has 0 saturated carbocycles. The van der Waals surface area contributed by atoms with Gasteiger partial charge in [0.05, 0.1) is 4.92 Å². The van der Waals surface area contributed by atoms with Crippen LogP contribution in [0.25, 0.3) is 0 Å². The first-order valence-corrected chi connectivity index (χ1v) is 3.94. The third-order valence-corrected chi connectivity index (χ3v) is 1.84. The molecule has 74 valence electrons. The lowest BCUT2D eigenvalue weighted by Crippen LogP contribution is -1.95. The minimum Gasteiger partial charge on any atom is -0.463 e. The number of aryl methyl sites for hydroxylation is 1. The SMILES string of the molecule is Cc1cc([N+](=O)[O-])ccc1COC=O. The highest BCUT2D eigenvalue weighted by atomic mass is 16.6. The summed E-state index contributed by atoms with van der Waals surface area (Å²) in [5.74, 6) is 0. The van der Waals surface area contributed by atoms with E-state index in [0.29, 0.717) is 6.47 Å². The van der Waals surface area contributed by atoms with E-state index in [0.717, 1.165) is 11.1 Å². The highest BCUT2D eigenvalue weighted by Gasteiger charge is 2.07. The molecule has 0 heterocycles. The number of nitrogens with zero attached hydrogens (tertiary/aromatic N) is 1. The van der Waals surface area contributed by atoms with Crippen molar-refractivity contribution in [1.82, 2.24) is 0 Å². The van der Waals surface area contributed by atoms with E-state index >= 15 is 0 Å². The van der Waals surface area contributed by atoms with Gasteiger partial charge in [0.2, 0.25) is 0 Å². The maximum atomic E-state index is 10.4. The molecule has 0 aromatic heterocycles. The molecular formula is C9H9NO4. The Hall–Kier alpha value is -1.91. The van der Waals surface area contributed by atoms with Crippen molar-refractivity contribution in [3.8, 4) is 0 Å². The summed E-state index contributed by atoms with van der Waals surface area (Å²) in [7, 11) is 0. The molecule has 1 aromatic carbocycles. The second-order valence-corrected chi connectivity index (χ2v) is 2.78. The zero-order chi connectivity index (χ0) is 10.6. The number of ether oxygens (including phenoxy) is 1. The third-order valence-electron chi connectivity index (χ3n) is 1.84. The molecule has 0 fully saturated rings. The molecule has 0 aliphatic rings. The van der Waals surface area contributed by atoms with Crippen molar-refractivity contribution in [2.75, 3.05) is 0 Å². The van der Waals surface area contributed by atoms with E-state index in [-0.39, 0.29) is 12.3 Å². The molecule has 1 aromatic rings. The van der Waals surface area contributed by atoms with Gasteiger partial charge in [-0.05, 0) is 24.1 Å². The quantitative estimate of drug-likeness (QED) is 0.415. The molecule has 0 bridgehead atoms. The fourth-order valence-corrected chi connectivity index (χ4v) is 1.08. The van der Waals surface area contributed by atoms with Crippen LogP contribution in [0, 0.1) is 17.0 Å². The average Bonchev–Trinajstić information content (AvgIpc) is 2.15. The second-order valence-electron chi connectivity index (χ2n) is 2.78. The van der Waals surface area contributed by atoms with Gasteiger partial charge in [-0.3, -0.25) is 14.9 Å². The van der Waals surface area contributed by atoms with Crippen LogP contribution >= 0.6 is 0 Å². The van der Waals surface area contributed by atoms with E-state index in [9.17, 15) is 14.9 Å². The Morgan fingerprint density at radius 2 is 2.29 bits per heavy atom. The van der Waals surface area contributed by atoms with Crippen molar-refractivity contribution in [1.29, 1.82) is 0 Å². The van der Waals surface area contributed by atoms with Crippen molar-refractivity contribution in [3.63, 3.8) is 0 Å². The minimum absolute atomic E-state index is 0.0392. The predicted octanol–water partition coefficient (Wildman–Crippen LogP) is 1.58. The van der Waals surface area contributed by atoms with Crippen molar-refractivity contribution >= 4 is 12.2 Å². The van der Waals surface area contributed by atoms with Crippen LogP contribution in [0.3, 0.4) is 0 Å². The second kappa shape index (κ2) is 4.36. The number of benzene rings is 1.